The molecule has 3 N–H and O–H groups in total. The first kappa shape index (κ1) is 21.3. The van der Waals surface area contributed by atoms with Gasteiger partial charge in [-0.05, 0) is 44.2 Å². The van der Waals surface area contributed by atoms with Crippen LogP contribution in [0, 0.1) is 13.8 Å². The summed E-state index contributed by atoms with van der Waals surface area (Å²) in [6.07, 6.45) is 0. The van der Waals surface area contributed by atoms with Crippen molar-refractivity contribution in [2.24, 2.45) is 0 Å². The molecule has 0 amide bonds. The third-order valence-corrected chi connectivity index (χ3v) is 5.70. The highest BCUT2D eigenvalue weighted by atomic mass is 79.9. The molecule has 146 valence electrons. The number of aliphatic hydroxyl groups is 1. The molecule has 0 aliphatic heterocycles. The maximum absolute atomic E-state index is 12.3. The maximum Gasteiger partial charge on any atom is 0.327 e. The van der Waals surface area contributed by atoms with E-state index in [1.165, 1.54) is 24.3 Å². The van der Waals surface area contributed by atoms with E-state index in [4.69, 9.17) is 4.74 Å². The maximum atomic E-state index is 12.3. The third kappa shape index (κ3) is 5.48. The third-order valence-electron chi connectivity index (χ3n) is 3.68. The number of H-pyrrole nitrogens is 1. The summed E-state index contributed by atoms with van der Waals surface area (Å²) in [7, 11) is -4.05. The van der Waals surface area contributed by atoms with Gasteiger partial charge in [-0.2, -0.15) is 4.72 Å². The number of benzene rings is 1. The lowest BCUT2D eigenvalue weighted by Crippen LogP contribution is -2.44. The number of ether oxygens (including phenoxy) is 1. The number of aryl methyl sites for hydroxylation is 2. The molecule has 2 aromatic rings. The van der Waals surface area contributed by atoms with Crippen LogP contribution >= 0.6 is 15.9 Å². The summed E-state index contributed by atoms with van der Waals surface area (Å²) in [5.41, 5.74) is 1.82. The topological polar surface area (TPSA) is 126 Å². The summed E-state index contributed by atoms with van der Waals surface area (Å²) in [4.78, 5) is 27.1. The zero-order chi connectivity index (χ0) is 20.2. The number of hydrogen-bond acceptors (Lipinski definition) is 6. The zero-order valence-corrected chi connectivity index (χ0v) is 17.1. The van der Waals surface area contributed by atoms with Crippen molar-refractivity contribution in [2.75, 3.05) is 13.2 Å². The number of carbonyl (C=O) groups excluding carboxylic acids is 2. The number of aromatic nitrogens is 1. The second-order valence-electron chi connectivity index (χ2n) is 5.83. The molecule has 1 atom stereocenters. The van der Waals surface area contributed by atoms with Crippen LogP contribution < -0.4 is 4.72 Å². The monoisotopic (exact) mass is 458 g/mol. The number of nitrogens with one attached hydrogen (secondary N) is 2. The molecule has 1 aromatic heterocycles. The van der Waals surface area contributed by atoms with Crippen molar-refractivity contribution in [1.82, 2.24) is 9.71 Å². The predicted molar refractivity (Wildman–Crippen MR) is 101 cm³/mol. The molecule has 8 nitrogen and oxygen atoms in total. The van der Waals surface area contributed by atoms with E-state index in [-0.39, 0.29) is 4.90 Å². The molecule has 2 rings (SSSR count). The minimum atomic E-state index is -4.05. The van der Waals surface area contributed by atoms with Gasteiger partial charge in [0.1, 0.15) is 6.04 Å². The van der Waals surface area contributed by atoms with Crippen molar-refractivity contribution in [3.05, 3.63) is 51.8 Å². The van der Waals surface area contributed by atoms with Crippen molar-refractivity contribution >= 4 is 37.7 Å². The standard InChI is InChI=1S/C17H19BrN2O6S/c1-10-7-14(11(2)19-10)16(22)9-26-17(23)15(8-21)20-27(24,25)13-5-3-12(18)4-6-13/h3-7,15,19-21H,8-9H2,1-2H3. The second kappa shape index (κ2) is 8.79. The zero-order valence-electron chi connectivity index (χ0n) is 14.7. The van der Waals surface area contributed by atoms with Crippen LogP contribution in [0.25, 0.3) is 0 Å². The van der Waals surface area contributed by atoms with Gasteiger partial charge >= 0.3 is 5.97 Å². The Morgan fingerprint density at radius 1 is 1.26 bits per heavy atom. The predicted octanol–water partition coefficient (Wildman–Crippen LogP) is 1.46. The summed E-state index contributed by atoms with van der Waals surface area (Å²) < 4.78 is 32.3. The van der Waals surface area contributed by atoms with Gasteiger partial charge in [-0.1, -0.05) is 15.9 Å². The number of hydrogen-bond donors (Lipinski definition) is 3. The smallest absolute Gasteiger partial charge is 0.327 e. The molecular weight excluding hydrogens is 440 g/mol. The fraction of sp³-hybridized carbons (Fsp3) is 0.294. The molecule has 0 aliphatic carbocycles. The number of esters is 1. The van der Waals surface area contributed by atoms with E-state index in [2.05, 4.69) is 25.6 Å². The Morgan fingerprint density at radius 2 is 1.89 bits per heavy atom. The van der Waals surface area contributed by atoms with E-state index >= 15 is 0 Å². The largest absolute Gasteiger partial charge is 0.456 e. The number of aromatic amines is 1. The minimum absolute atomic E-state index is 0.0774. The summed E-state index contributed by atoms with van der Waals surface area (Å²) in [6, 6.07) is 5.84. The molecule has 10 heteroatoms. The van der Waals surface area contributed by atoms with Gasteiger partial charge in [-0.25, -0.2) is 8.42 Å². The van der Waals surface area contributed by atoms with E-state index < -0.39 is 41.0 Å². The molecule has 0 fully saturated rings. The quantitative estimate of drug-likeness (QED) is 0.406. The van der Waals surface area contributed by atoms with Gasteiger partial charge in [0.05, 0.1) is 11.5 Å². The van der Waals surface area contributed by atoms with Crippen LogP contribution in [0.2, 0.25) is 0 Å². The van der Waals surface area contributed by atoms with Gasteiger partial charge < -0.3 is 14.8 Å². The molecule has 0 bridgehead atoms. The molecule has 27 heavy (non-hydrogen) atoms. The highest BCUT2D eigenvalue weighted by Gasteiger charge is 2.27. The minimum Gasteiger partial charge on any atom is -0.456 e. The number of halogens is 1. The van der Waals surface area contributed by atoms with E-state index in [1.54, 1.807) is 19.9 Å². The fourth-order valence-electron chi connectivity index (χ4n) is 2.36. The van der Waals surface area contributed by atoms with Crippen molar-refractivity contribution in [1.29, 1.82) is 0 Å². The van der Waals surface area contributed by atoms with Crippen molar-refractivity contribution in [3.8, 4) is 0 Å². The Kier molecular flexibility index (Phi) is 6.93. The first-order valence-corrected chi connectivity index (χ1v) is 10.2. The van der Waals surface area contributed by atoms with Gasteiger partial charge in [-0.15, -0.1) is 0 Å². The second-order valence-corrected chi connectivity index (χ2v) is 8.46. The van der Waals surface area contributed by atoms with Crippen LogP contribution in [0.1, 0.15) is 21.7 Å². The van der Waals surface area contributed by atoms with Crippen molar-refractivity contribution in [3.63, 3.8) is 0 Å². The summed E-state index contributed by atoms with van der Waals surface area (Å²) >= 11 is 3.20. The van der Waals surface area contributed by atoms with Gasteiger partial charge in [0.2, 0.25) is 15.8 Å². The number of rotatable bonds is 8. The van der Waals surface area contributed by atoms with Crippen molar-refractivity contribution < 1.29 is 27.9 Å². The molecule has 0 radical (unpaired) electrons. The summed E-state index contributed by atoms with van der Waals surface area (Å²) in [5.74, 6) is -1.48. The van der Waals surface area contributed by atoms with E-state index in [9.17, 15) is 23.1 Å². The van der Waals surface area contributed by atoms with Gasteiger partial charge in [-0.3, -0.25) is 9.59 Å². The van der Waals surface area contributed by atoms with Crippen molar-refractivity contribution in [2.45, 2.75) is 24.8 Å². The van der Waals surface area contributed by atoms with Crippen LogP contribution in [0.3, 0.4) is 0 Å². The Labute approximate surface area is 165 Å². The Balaban J connectivity index is 2.02. The number of aliphatic hydroxyl groups excluding tert-OH is 1. The SMILES string of the molecule is Cc1cc(C(=O)COC(=O)C(CO)NS(=O)(=O)c2ccc(Br)cc2)c(C)[nH]1. The lowest BCUT2D eigenvalue weighted by atomic mass is 10.1. The normalized spacial score (nSPS) is 12.6. The van der Waals surface area contributed by atoms with E-state index in [1.807, 2.05) is 0 Å². The fourth-order valence-corrected chi connectivity index (χ4v) is 3.80. The number of sulfonamides is 1. The average Bonchev–Trinajstić information content (AvgIpc) is 2.96. The van der Waals surface area contributed by atoms with Gasteiger partial charge in [0.25, 0.3) is 0 Å². The highest BCUT2D eigenvalue weighted by molar-refractivity contribution is 9.10. The highest BCUT2D eigenvalue weighted by Crippen LogP contribution is 2.15. The van der Waals surface area contributed by atoms with Gasteiger partial charge in [0, 0.05) is 21.4 Å². The van der Waals surface area contributed by atoms with E-state index in [0.717, 1.165) is 5.69 Å². The molecule has 0 saturated carbocycles. The van der Waals surface area contributed by atoms with E-state index in [0.29, 0.717) is 15.7 Å². The van der Waals surface area contributed by atoms with Crippen LogP contribution in [-0.4, -0.2) is 49.5 Å². The molecule has 0 aliphatic rings. The Hall–Kier alpha value is -2.01. The van der Waals surface area contributed by atoms with Crippen LogP contribution in [-0.2, 0) is 19.6 Å². The van der Waals surface area contributed by atoms with Gasteiger partial charge in [0.15, 0.2) is 6.61 Å². The Bertz CT molecular complexity index is 937. The molecule has 1 aromatic carbocycles. The lowest BCUT2D eigenvalue weighted by Gasteiger charge is -2.15. The molecule has 1 unspecified atom stereocenters. The molecule has 1 heterocycles. The average molecular weight is 459 g/mol. The first-order valence-electron chi connectivity index (χ1n) is 7.89. The summed E-state index contributed by atoms with van der Waals surface area (Å²) in [6.45, 7) is 2.12. The summed E-state index contributed by atoms with van der Waals surface area (Å²) in [5, 5.41) is 9.36. The molecule has 0 spiro atoms. The molecular formula is C17H19BrN2O6S. The Morgan fingerprint density at radius 3 is 2.41 bits per heavy atom. The number of carbonyl (C=O) groups is 2. The van der Waals surface area contributed by atoms with Crippen LogP contribution in [0.15, 0.2) is 39.7 Å². The van der Waals surface area contributed by atoms with Crippen LogP contribution in [0.5, 0.6) is 0 Å². The van der Waals surface area contributed by atoms with Crippen LogP contribution in [0.4, 0.5) is 0 Å². The number of Topliss-reactive ketones (excluding diaryl/α,β-unsaturated/α-hetero) is 1. The molecule has 0 saturated heterocycles. The first-order chi connectivity index (χ1) is 12.6. The number of ketones is 1. The lowest BCUT2D eigenvalue weighted by molar-refractivity contribution is -0.145.